The molecule has 4 heterocycles. The zero-order valence-electron chi connectivity index (χ0n) is 53.1. The van der Waals surface area contributed by atoms with Crippen molar-refractivity contribution < 1.29 is 98.0 Å². The Morgan fingerprint density at radius 2 is 0.821 bits per heavy atom. The molecule has 25 nitrogen and oxygen atoms in total. The number of nitrogens with one attached hydrogen (secondary N) is 6. The second-order valence-corrected chi connectivity index (χ2v) is 23.6. The van der Waals surface area contributed by atoms with Gasteiger partial charge in [0.25, 0.3) is 11.8 Å². The molecule has 4 aliphatic rings. The first-order valence-electron chi connectivity index (χ1n) is 31.3. The number of alkyl halides is 6. The molecule has 0 bridgehead atoms. The van der Waals surface area contributed by atoms with E-state index < -0.39 is 71.9 Å². The number of carbonyl (C=O) groups is 10. The highest BCUT2D eigenvalue weighted by Gasteiger charge is 2.41. The van der Waals surface area contributed by atoms with Crippen LogP contribution in [0.15, 0.2) is 48.5 Å². The van der Waals surface area contributed by atoms with E-state index in [1.807, 2.05) is 0 Å². The fraction of sp³-hybridized carbons (Fsp3) is 0.581. The number of piperazine rings is 2. The van der Waals surface area contributed by atoms with Crippen LogP contribution in [0.25, 0.3) is 21.8 Å². The minimum absolute atomic E-state index is 0.0258. The standard InChI is InChI=1S/C58H80F2N12O9.2C2HF3O2/c1-37(61-3)53(75)65-51(39-11-7-5-8-12-39)57(79)69-25-21-67(22-26-69)55(77)47-33-41-31-43(59)15-17-45(41)71(47)35-49(73)63-19-29-81-30-20-64-50(74)36-72-46-18-16-44(60)32-42(46)34-48(72)56(78)68-23-27-70(28-24-68)58(80)52(40-13-9-6-10-14-40)66-54(76)38(2)62-4;2*3-2(4,5)1(6)7/h15-18,31-34,37-40,51-52,61-62H,5-14,19-30,35-36H2,1-4H3,(H,63,73)(H,64,74)(H,65,75)(H,66,76);2*(H,6,7)/t37-,38+,51-,52+;;. The molecule has 2 aromatic carbocycles. The van der Waals surface area contributed by atoms with Crippen LogP contribution in [0.1, 0.15) is 99.0 Å². The molecule has 0 radical (unpaired) electrons. The maximum atomic E-state index is 14.5. The number of aromatic nitrogens is 2. The number of hydrogen-bond donors (Lipinski definition) is 8. The normalized spacial score (nSPS) is 17.1. The predicted octanol–water partition coefficient (Wildman–Crippen LogP) is 4.00. The number of carboxylic acids is 2. The van der Waals surface area contributed by atoms with E-state index in [1.165, 1.54) is 36.4 Å². The summed E-state index contributed by atoms with van der Waals surface area (Å²) in [5, 5.41) is 32.6. The Morgan fingerprint density at radius 1 is 0.505 bits per heavy atom. The summed E-state index contributed by atoms with van der Waals surface area (Å²) >= 11 is 0. The maximum absolute atomic E-state index is 14.5. The number of carbonyl (C=O) groups excluding carboxylic acids is 8. The number of rotatable bonds is 22. The van der Waals surface area contributed by atoms with Crippen LogP contribution in [0.3, 0.4) is 0 Å². The highest BCUT2D eigenvalue weighted by Crippen LogP contribution is 2.31. The van der Waals surface area contributed by atoms with Gasteiger partial charge in [-0.05, 0) is 114 Å². The molecular formula is C62H82F8N12O13. The summed E-state index contributed by atoms with van der Waals surface area (Å²) in [5.74, 6) is -8.86. The van der Waals surface area contributed by atoms with Gasteiger partial charge in [-0.15, -0.1) is 0 Å². The van der Waals surface area contributed by atoms with E-state index in [1.54, 1.807) is 68.8 Å². The van der Waals surface area contributed by atoms with Crippen LogP contribution >= 0.6 is 0 Å². The number of fused-ring (bicyclic) bond motifs is 2. The van der Waals surface area contributed by atoms with E-state index in [4.69, 9.17) is 24.5 Å². The molecule has 0 unspecified atom stereocenters. The lowest BCUT2D eigenvalue weighted by atomic mass is 9.83. The molecule has 4 aromatic rings. The van der Waals surface area contributed by atoms with Crippen LogP contribution in [-0.4, -0.2) is 227 Å². The third kappa shape index (κ3) is 21.3. The van der Waals surface area contributed by atoms with Crippen molar-refractivity contribution in [2.24, 2.45) is 11.8 Å². The van der Waals surface area contributed by atoms with Crippen molar-refractivity contribution in [2.75, 3.05) is 92.8 Å². The maximum Gasteiger partial charge on any atom is 0.490 e. The predicted molar refractivity (Wildman–Crippen MR) is 327 cm³/mol. The molecule has 8 rings (SSSR count). The first-order chi connectivity index (χ1) is 44.9. The SMILES string of the molecule is CN[C@@H](C)C(=O)N[C@H](C(=O)N1CCN(C(=O)c2cc3cc(F)ccc3n2CC(=O)NCCOCCNC(=O)Cn2c(C(=O)N3CCN(C(=O)[C@H](NC(=O)[C@@H](C)NC)C4CCCCC4)CC3)cc3cc(F)ccc32)CC1)C1CCCCC1.O=C(O)C(F)(F)F.O=C(O)C(F)(F)F. The van der Waals surface area contributed by atoms with E-state index in [0.717, 1.165) is 64.2 Å². The molecule has 8 amide bonds. The summed E-state index contributed by atoms with van der Waals surface area (Å²) in [4.78, 5) is 134. The Bertz CT molecular complexity index is 3140. The van der Waals surface area contributed by atoms with Gasteiger partial charge >= 0.3 is 24.3 Å². The smallest absolute Gasteiger partial charge is 0.475 e. The van der Waals surface area contributed by atoms with Gasteiger partial charge in [-0.2, -0.15) is 26.3 Å². The molecule has 2 aliphatic carbocycles. The number of ether oxygens (including phenoxy) is 1. The minimum atomic E-state index is -5.08. The van der Waals surface area contributed by atoms with Crippen molar-refractivity contribution in [1.29, 1.82) is 0 Å². The molecule has 524 valence electrons. The average molecular weight is 1360 g/mol. The number of carboxylic acid groups (broad SMARTS) is 2. The lowest BCUT2D eigenvalue weighted by Crippen LogP contribution is -2.59. The number of nitrogens with zero attached hydrogens (tertiary/aromatic N) is 6. The van der Waals surface area contributed by atoms with Gasteiger partial charge < -0.3 is 75.6 Å². The fourth-order valence-corrected chi connectivity index (χ4v) is 11.7. The topological polar surface area (TPSA) is 315 Å². The second kappa shape index (κ2) is 34.8. The minimum Gasteiger partial charge on any atom is -0.475 e. The van der Waals surface area contributed by atoms with Crippen molar-refractivity contribution in [3.63, 3.8) is 0 Å². The second-order valence-electron chi connectivity index (χ2n) is 23.6. The van der Waals surface area contributed by atoms with E-state index in [9.17, 15) is 73.5 Å². The molecule has 8 N–H and O–H groups in total. The van der Waals surface area contributed by atoms with E-state index in [0.29, 0.717) is 21.8 Å². The quantitative estimate of drug-likeness (QED) is 0.0407. The molecule has 2 aliphatic heterocycles. The average Bonchev–Trinajstić information content (AvgIpc) is 1.67. The van der Waals surface area contributed by atoms with Gasteiger partial charge in [0.1, 0.15) is 48.2 Å². The van der Waals surface area contributed by atoms with E-state index >= 15 is 0 Å². The fourth-order valence-electron chi connectivity index (χ4n) is 11.7. The van der Waals surface area contributed by atoms with Crippen LogP contribution in [0.2, 0.25) is 0 Å². The first-order valence-corrected chi connectivity index (χ1v) is 31.3. The molecule has 95 heavy (non-hydrogen) atoms. The molecule has 0 spiro atoms. The van der Waals surface area contributed by atoms with Gasteiger partial charge in [0.05, 0.1) is 25.3 Å². The Balaban J connectivity index is 0.000000917. The summed E-state index contributed by atoms with van der Waals surface area (Å²) in [6.07, 6.45) is -0.618. The van der Waals surface area contributed by atoms with Gasteiger partial charge in [0.2, 0.25) is 35.4 Å². The van der Waals surface area contributed by atoms with Crippen molar-refractivity contribution in [1.82, 2.24) is 60.6 Å². The molecule has 4 atom stereocenters. The zero-order chi connectivity index (χ0) is 69.9. The molecule has 2 saturated carbocycles. The van der Waals surface area contributed by atoms with Gasteiger partial charge in [-0.1, -0.05) is 38.5 Å². The number of benzene rings is 2. The highest BCUT2D eigenvalue weighted by atomic mass is 19.4. The third-order valence-electron chi connectivity index (χ3n) is 17.2. The highest BCUT2D eigenvalue weighted by molar-refractivity contribution is 6.01. The lowest BCUT2D eigenvalue weighted by molar-refractivity contribution is -0.193. The van der Waals surface area contributed by atoms with Crippen LogP contribution in [0.5, 0.6) is 0 Å². The summed E-state index contributed by atoms with van der Waals surface area (Å²) in [6, 6.07) is 9.05. The molecule has 33 heteroatoms. The van der Waals surface area contributed by atoms with Gasteiger partial charge in [0.15, 0.2) is 0 Å². The summed E-state index contributed by atoms with van der Waals surface area (Å²) in [5.41, 5.74) is 1.36. The molecule has 4 fully saturated rings. The summed E-state index contributed by atoms with van der Waals surface area (Å²) < 4.78 is 101. The van der Waals surface area contributed by atoms with Crippen LogP contribution in [0.4, 0.5) is 35.1 Å². The first kappa shape index (κ1) is 75.6. The number of aliphatic carboxylic acids is 2. The Labute approximate surface area is 541 Å². The summed E-state index contributed by atoms with van der Waals surface area (Å²) in [6.45, 7) is 5.28. The number of likely N-dealkylation sites (N-methyl/N-ethyl adjacent to an activating group) is 2. The van der Waals surface area contributed by atoms with Crippen LogP contribution in [0, 0.1) is 23.5 Å². The molecule has 2 saturated heterocycles. The van der Waals surface area contributed by atoms with Gasteiger partial charge in [-0.25, -0.2) is 18.4 Å². The Morgan fingerprint density at radius 3 is 1.13 bits per heavy atom. The molecular weight excluding hydrogens is 1270 g/mol. The Hall–Kier alpha value is -8.46. The van der Waals surface area contributed by atoms with E-state index in [2.05, 4.69) is 31.9 Å². The number of hydrogen-bond acceptors (Lipinski definition) is 13. The largest absolute Gasteiger partial charge is 0.490 e. The number of amides is 8. The van der Waals surface area contributed by atoms with Gasteiger partial charge in [-0.3, -0.25) is 38.4 Å². The van der Waals surface area contributed by atoms with Crippen molar-refractivity contribution in [3.8, 4) is 0 Å². The van der Waals surface area contributed by atoms with E-state index in [-0.39, 0.29) is 150 Å². The molecule has 2 aromatic heterocycles. The lowest BCUT2D eigenvalue weighted by Gasteiger charge is -2.39. The van der Waals surface area contributed by atoms with Gasteiger partial charge in [0, 0.05) is 87.3 Å². The van der Waals surface area contributed by atoms with Crippen molar-refractivity contribution >= 4 is 81.0 Å². The summed E-state index contributed by atoms with van der Waals surface area (Å²) in [7, 11) is 3.38. The monoisotopic (exact) mass is 1350 g/mol. The van der Waals surface area contributed by atoms with Crippen molar-refractivity contribution in [3.05, 3.63) is 71.6 Å². The number of halogens is 8. The Kier molecular flexibility index (Phi) is 27.7. The van der Waals surface area contributed by atoms with Crippen LogP contribution in [-0.2, 0) is 56.2 Å². The third-order valence-corrected chi connectivity index (χ3v) is 17.2. The van der Waals surface area contributed by atoms with Crippen molar-refractivity contribution in [2.45, 2.75) is 128 Å². The zero-order valence-corrected chi connectivity index (χ0v) is 53.1. The van der Waals surface area contributed by atoms with Crippen LogP contribution < -0.4 is 31.9 Å².